The van der Waals surface area contributed by atoms with Crippen LogP contribution in [0.15, 0.2) is 52.0 Å². The van der Waals surface area contributed by atoms with Crippen molar-refractivity contribution in [2.24, 2.45) is 0 Å². The van der Waals surface area contributed by atoms with Gasteiger partial charge >= 0.3 is 0 Å². The zero-order chi connectivity index (χ0) is 20.1. The van der Waals surface area contributed by atoms with Crippen molar-refractivity contribution in [2.75, 3.05) is 32.7 Å². The van der Waals surface area contributed by atoms with E-state index in [1.54, 1.807) is 30.5 Å². The maximum atomic E-state index is 12.8. The molecule has 0 bridgehead atoms. The first kappa shape index (κ1) is 20.6. The highest BCUT2D eigenvalue weighted by Gasteiger charge is 2.29. The van der Waals surface area contributed by atoms with Crippen LogP contribution >= 0.6 is 0 Å². The number of hydrogen-bond donors (Lipinski definition) is 1. The van der Waals surface area contributed by atoms with Crippen LogP contribution in [-0.2, 0) is 21.4 Å². The summed E-state index contributed by atoms with van der Waals surface area (Å²) in [7, 11) is -3.50. The minimum Gasteiger partial charge on any atom is -0.467 e. The van der Waals surface area contributed by atoms with Gasteiger partial charge in [0.25, 0.3) is 0 Å². The van der Waals surface area contributed by atoms with E-state index in [0.717, 1.165) is 5.56 Å². The first-order chi connectivity index (χ1) is 13.4. The van der Waals surface area contributed by atoms with Gasteiger partial charge in [0.2, 0.25) is 15.9 Å². The van der Waals surface area contributed by atoms with Crippen LogP contribution in [-0.4, -0.2) is 56.3 Å². The van der Waals surface area contributed by atoms with Gasteiger partial charge in [0.15, 0.2) is 0 Å². The van der Waals surface area contributed by atoms with Crippen molar-refractivity contribution in [3.05, 3.63) is 54.0 Å². The van der Waals surface area contributed by atoms with Crippen molar-refractivity contribution >= 4 is 15.9 Å². The molecule has 0 spiro atoms. The van der Waals surface area contributed by atoms with Gasteiger partial charge in [0, 0.05) is 26.2 Å². The molecule has 0 unspecified atom stereocenters. The molecule has 0 saturated carbocycles. The molecule has 1 aromatic heterocycles. The maximum absolute atomic E-state index is 12.8. The number of carbonyl (C=O) groups is 1. The zero-order valence-corrected chi connectivity index (χ0v) is 17.1. The number of nitrogens with one attached hydrogen (secondary N) is 1. The average Bonchev–Trinajstić information content (AvgIpc) is 3.20. The van der Waals surface area contributed by atoms with Gasteiger partial charge in [0.05, 0.1) is 24.2 Å². The molecule has 152 valence electrons. The van der Waals surface area contributed by atoms with E-state index in [-0.39, 0.29) is 12.5 Å². The van der Waals surface area contributed by atoms with Crippen LogP contribution < -0.4 is 5.32 Å². The van der Waals surface area contributed by atoms with E-state index in [9.17, 15) is 13.2 Å². The molecular formula is C20H27N3O4S. The number of piperazine rings is 1. The molecule has 1 saturated heterocycles. The Kier molecular flexibility index (Phi) is 6.53. The molecule has 0 aliphatic carbocycles. The fourth-order valence-corrected chi connectivity index (χ4v) is 4.58. The third-order valence-electron chi connectivity index (χ3n) is 4.92. The highest BCUT2D eigenvalue weighted by Crippen LogP contribution is 2.21. The van der Waals surface area contributed by atoms with Crippen LogP contribution in [0, 0.1) is 0 Å². The van der Waals surface area contributed by atoms with Gasteiger partial charge in [0.1, 0.15) is 5.76 Å². The van der Waals surface area contributed by atoms with Crippen molar-refractivity contribution in [1.29, 1.82) is 0 Å². The van der Waals surface area contributed by atoms with Crippen LogP contribution in [0.2, 0.25) is 0 Å². The topological polar surface area (TPSA) is 82.9 Å². The second-order valence-corrected chi connectivity index (χ2v) is 9.20. The van der Waals surface area contributed by atoms with E-state index >= 15 is 0 Å². The molecule has 1 aliphatic heterocycles. The Hall–Kier alpha value is -2.16. The Morgan fingerprint density at radius 1 is 1.11 bits per heavy atom. The maximum Gasteiger partial charge on any atom is 0.243 e. The molecule has 2 aromatic rings. The Bertz CT molecular complexity index is 869. The first-order valence-electron chi connectivity index (χ1n) is 9.48. The molecule has 1 N–H and O–H groups in total. The predicted octanol–water partition coefficient (Wildman–Crippen LogP) is 2.03. The molecule has 7 nitrogen and oxygen atoms in total. The third-order valence-corrected chi connectivity index (χ3v) is 6.84. The Balaban J connectivity index is 1.50. The molecule has 1 aliphatic rings. The number of nitrogens with zero attached hydrogens (tertiary/aromatic N) is 2. The van der Waals surface area contributed by atoms with Gasteiger partial charge in [-0.2, -0.15) is 4.31 Å². The summed E-state index contributed by atoms with van der Waals surface area (Å²) in [5.41, 5.74) is 1.12. The summed E-state index contributed by atoms with van der Waals surface area (Å²) in [6.45, 7) is 6.56. The average molecular weight is 406 g/mol. The molecule has 0 atom stereocenters. The number of carbonyl (C=O) groups excluding carboxylic acids is 1. The lowest BCUT2D eigenvalue weighted by Gasteiger charge is -2.33. The molecular weight excluding hydrogens is 378 g/mol. The number of benzene rings is 1. The van der Waals surface area contributed by atoms with Crippen LogP contribution in [0.1, 0.15) is 31.1 Å². The minimum absolute atomic E-state index is 0.100. The van der Waals surface area contributed by atoms with Gasteiger partial charge in [-0.05, 0) is 35.7 Å². The van der Waals surface area contributed by atoms with Crippen LogP contribution in [0.4, 0.5) is 0 Å². The lowest BCUT2D eigenvalue weighted by Crippen LogP contribution is -2.50. The summed E-state index contributed by atoms with van der Waals surface area (Å²) < 4.78 is 32.4. The van der Waals surface area contributed by atoms with E-state index in [4.69, 9.17) is 4.42 Å². The molecule has 1 aromatic carbocycles. The number of sulfonamides is 1. The quantitative estimate of drug-likeness (QED) is 0.762. The summed E-state index contributed by atoms with van der Waals surface area (Å²) in [4.78, 5) is 14.4. The smallest absolute Gasteiger partial charge is 0.243 e. The Morgan fingerprint density at radius 3 is 2.36 bits per heavy atom. The van der Waals surface area contributed by atoms with E-state index in [1.165, 1.54) is 4.31 Å². The second-order valence-electron chi connectivity index (χ2n) is 7.26. The molecule has 1 fully saturated rings. The number of rotatable bonds is 7. The SMILES string of the molecule is CC(C)c1ccc(S(=O)(=O)N2CCN(CC(=O)NCc3ccco3)CC2)cc1. The molecule has 28 heavy (non-hydrogen) atoms. The summed E-state index contributed by atoms with van der Waals surface area (Å²) in [5, 5.41) is 2.81. The number of hydrogen-bond acceptors (Lipinski definition) is 5. The standard InChI is InChI=1S/C20H27N3O4S/c1-16(2)17-5-7-19(8-6-17)28(25,26)23-11-9-22(10-12-23)15-20(24)21-14-18-4-3-13-27-18/h3-8,13,16H,9-12,14-15H2,1-2H3,(H,21,24). The summed E-state index contributed by atoms with van der Waals surface area (Å²) in [5.74, 6) is 0.962. The zero-order valence-electron chi connectivity index (χ0n) is 16.3. The normalized spacial score (nSPS) is 16.4. The fraction of sp³-hybridized carbons (Fsp3) is 0.450. The second kappa shape index (κ2) is 8.89. The van der Waals surface area contributed by atoms with Crippen molar-refractivity contribution in [3.8, 4) is 0 Å². The fourth-order valence-electron chi connectivity index (χ4n) is 3.16. The monoisotopic (exact) mass is 405 g/mol. The van der Waals surface area contributed by atoms with Crippen LogP contribution in [0.3, 0.4) is 0 Å². The van der Waals surface area contributed by atoms with Crippen LogP contribution in [0.25, 0.3) is 0 Å². The Labute approximate surface area is 166 Å². The molecule has 8 heteroatoms. The molecule has 0 radical (unpaired) electrons. The minimum atomic E-state index is -3.50. The van der Waals surface area contributed by atoms with Crippen molar-refractivity contribution in [1.82, 2.24) is 14.5 Å². The summed E-state index contributed by atoms with van der Waals surface area (Å²) in [6.07, 6.45) is 1.57. The van der Waals surface area contributed by atoms with Gasteiger partial charge in [-0.1, -0.05) is 26.0 Å². The van der Waals surface area contributed by atoms with E-state index in [2.05, 4.69) is 19.2 Å². The highest BCUT2D eigenvalue weighted by atomic mass is 32.2. The highest BCUT2D eigenvalue weighted by molar-refractivity contribution is 7.89. The molecule has 2 heterocycles. The lowest BCUT2D eigenvalue weighted by molar-refractivity contribution is -0.122. The summed E-state index contributed by atoms with van der Waals surface area (Å²) in [6, 6.07) is 10.7. The van der Waals surface area contributed by atoms with Crippen molar-refractivity contribution in [2.45, 2.75) is 31.2 Å². The number of furan rings is 1. The van der Waals surface area contributed by atoms with Crippen molar-refractivity contribution < 1.29 is 17.6 Å². The Morgan fingerprint density at radius 2 is 1.79 bits per heavy atom. The van der Waals surface area contributed by atoms with Gasteiger partial charge in [-0.15, -0.1) is 0 Å². The molecule has 1 amide bonds. The van der Waals surface area contributed by atoms with E-state index < -0.39 is 10.0 Å². The first-order valence-corrected chi connectivity index (χ1v) is 10.9. The van der Waals surface area contributed by atoms with Gasteiger partial charge in [-0.25, -0.2) is 8.42 Å². The predicted molar refractivity (Wildman–Crippen MR) is 106 cm³/mol. The lowest BCUT2D eigenvalue weighted by atomic mass is 10.0. The summed E-state index contributed by atoms with van der Waals surface area (Å²) >= 11 is 0. The van der Waals surface area contributed by atoms with Gasteiger partial charge in [-0.3, -0.25) is 9.69 Å². The third kappa shape index (κ3) is 5.01. The number of amides is 1. The van der Waals surface area contributed by atoms with Crippen molar-refractivity contribution in [3.63, 3.8) is 0 Å². The van der Waals surface area contributed by atoms with Crippen LogP contribution in [0.5, 0.6) is 0 Å². The molecule has 3 rings (SSSR count). The van der Waals surface area contributed by atoms with Gasteiger partial charge < -0.3 is 9.73 Å². The largest absolute Gasteiger partial charge is 0.467 e. The van der Waals surface area contributed by atoms with E-state index in [1.807, 2.05) is 17.0 Å². The van der Waals surface area contributed by atoms with E-state index in [0.29, 0.717) is 49.3 Å².